The molecule has 2 heterocycles. The smallest absolute Gasteiger partial charge is 0.404 e. The van der Waals surface area contributed by atoms with Crippen LogP contribution in [-0.4, -0.2) is 40.3 Å². The lowest BCUT2D eigenvalue weighted by molar-refractivity contribution is 0.190. The van der Waals surface area contributed by atoms with Crippen LogP contribution < -0.4 is 10.2 Å². The minimum absolute atomic E-state index is 0.400. The number of piperidine rings is 1. The summed E-state index contributed by atoms with van der Waals surface area (Å²) in [4.78, 5) is 22.4. The molecular weight excluding hydrogens is 352 g/mol. The van der Waals surface area contributed by atoms with E-state index in [1.165, 1.54) is 10.8 Å². The second kappa shape index (κ2) is 6.78. The summed E-state index contributed by atoms with van der Waals surface area (Å²) in [6.07, 6.45) is 2.98. The van der Waals surface area contributed by atoms with Gasteiger partial charge in [-0.2, -0.15) is 0 Å². The Balaban J connectivity index is 1.36. The first-order valence-electron chi connectivity index (χ1n) is 9.73. The molecule has 1 aliphatic carbocycles. The molecule has 3 atom stereocenters. The lowest BCUT2D eigenvalue weighted by Gasteiger charge is -2.31. The van der Waals surface area contributed by atoms with Crippen LogP contribution in [-0.2, 0) is 0 Å². The van der Waals surface area contributed by atoms with E-state index in [0.717, 1.165) is 36.6 Å². The number of amides is 1. The van der Waals surface area contributed by atoms with E-state index in [2.05, 4.69) is 45.5 Å². The Kier molecular flexibility index (Phi) is 4.11. The summed E-state index contributed by atoms with van der Waals surface area (Å²) in [6, 6.07) is 17.1. The summed E-state index contributed by atoms with van der Waals surface area (Å²) in [5, 5.41) is 13.8. The highest BCUT2D eigenvalue weighted by atomic mass is 16.4. The minimum atomic E-state index is -0.939. The van der Waals surface area contributed by atoms with Crippen LogP contribution in [0.4, 0.5) is 10.7 Å². The summed E-state index contributed by atoms with van der Waals surface area (Å²) in [5.74, 6) is 1.70. The third kappa shape index (κ3) is 3.05. The van der Waals surface area contributed by atoms with E-state index in [1.807, 2.05) is 24.4 Å². The summed E-state index contributed by atoms with van der Waals surface area (Å²) in [7, 11) is 0. The molecule has 1 aliphatic heterocycles. The van der Waals surface area contributed by atoms with Gasteiger partial charge < -0.3 is 15.3 Å². The quantitative estimate of drug-likeness (QED) is 0.727. The van der Waals surface area contributed by atoms with Crippen molar-refractivity contribution in [1.29, 1.82) is 0 Å². The van der Waals surface area contributed by atoms with E-state index in [9.17, 15) is 4.79 Å². The van der Waals surface area contributed by atoms with Crippen LogP contribution in [0.2, 0.25) is 0 Å². The molecule has 0 radical (unpaired) electrons. The molecule has 1 aromatic heterocycles. The number of nitrogens with zero attached hydrogens (tertiary/aromatic N) is 3. The van der Waals surface area contributed by atoms with Gasteiger partial charge in [-0.15, -0.1) is 0 Å². The summed E-state index contributed by atoms with van der Waals surface area (Å²) < 4.78 is 0. The topological polar surface area (TPSA) is 78.4 Å². The molecule has 28 heavy (non-hydrogen) atoms. The molecule has 0 spiro atoms. The van der Waals surface area contributed by atoms with Crippen LogP contribution >= 0.6 is 0 Å². The van der Waals surface area contributed by atoms with Crippen molar-refractivity contribution in [3.8, 4) is 11.3 Å². The fraction of sp³-hybridized carbons (Fsp3) is 0.318. The fourth-order valence-corrected chi connectivity index (χ4v) is 4.77. The normalized spacial score (nSPS) is 23.3. The Bertz CT molecular complexity index is 1040. The molecule has 1 saturated heterocycles. The first-order chi connectivity index (χ1) is 13.7. The van der Waals surface area contributed by atoms with Crippen LogP contribution in [0.15, 0.2) is 54.7 Å². The lowest BCUT2D eigenvalue weighted by atomic mass is 9.94. The molecular formula is C22H22N4O2. The first kappa shape index (κ1) is 17.0. The number of aromatic nitrogens is 2. The average molecular weight is 374 g/mol. The molecule has 2 fully saturated rings. The third-order valence-corrected chi connectivity index (χ3v) is 6.15. The Hall–Kier alpha value is -3.15. The molecule has 2 N–H and O–H groups in total. The SMILES string of the molecule is O=C(O)NC[C@H]1C[C@@H]2C[C@@H]1CN2c1nccc(-c2ccc3ccccc3c2)n1. The van der Waals surface area contributed by atoms with Gasteiger partial charge in [-0.3, -0.25) is 0 Å². The number of rotatable bonds is 4. The standard InChI is InChI=1S/C22H22N4O2/c27-22(28)24-12-17-10-19-11-18(17)13-26(19)21-23-8-7-20(25-21)16-6-5-14-3-1-2-4-15(14)9-16/h1-9,17-19,24H,10-13H2,(H,27,28)/t17-,18-,19-/m1/s1. The van der Waals surface area contributed by atoms with E-state index >= 15 is 0 Å². The van der Waals surface area contributed by atoms with Gasteiger partial charge in [0, 0.05) is 30.9 Å². The van der Waals surface area contributed by atoms with Gasteiger partial charge in [0.05, 0.1) is 5.69 Å². The molecule has 2 aromatic carbocycles. The van der Waals surface area contributed by atoms with E-state index in [-0.39, 0.29) is 0 Å². The van der Waals surface area contributed by atoms with Gasteiger partial charge in [0.1, 0.15) is 0 Å². The average Bonchev–Trinajstić information content (AvgIpc) is 3.32. The van der Waals surface area contributed by atoms with Crippen molar-refractivity contribution in [3.05, 3.63) is 54.7 Å². The summed E-state index contributed by atoms with van der Waals surface area (Å²) in [5.41, 5.74) is 2.03. The zero-order valence-corrected chi connectivity index (χ0v) is 15.5. The van der Waals surface area contributed by atoms with Crippen molar-refractivity contribution >= 4 is 22.8 Å². The Morgan fingerprint density at radius 1 is 1.14 bits per heavy atom. The largest absolute Gasteiger partial charge is 0.465 e. The monoisotopic (exact) mass is 374 g/mol. The number of fused-ring (bicyclic) bond motifs is 3. The van der Waals surface area contributed by atoms with Crippen LogP contribution in [0.25, 0.3) is 22.0 Å². The molecule has 142 valence electrons. The second-order valence-corrected chi connectivity index (χ2v) is 7.79. The third-order valence-electron chi connectivity index (χ3n) is 6.15. The maximum atomic E-state index is 10.8. The second-order valence-electron chi connectivity index (χ2n) is 7.79. The number of carboxylic acid groups (broad SMARTS) is 1. The molecule has 2 bridgehead atoms. The van der Waals surface area contributed by atoms with Crippen LogP contribution in [0.3, 0.4) is 0 Å². The van der Waals surface area contributed by atoms with Crippen molar-refractivity contribution in [1.82, 2.24) is 15.3 Å². The molecule has 3 aromatic rings. The van der Waals surface area contributed by atoms with E-state index < -0.39 is 6.09 Å². The van der Waals surface area contributed by atoms with Crippen molar-refractivity contribution in [3.63, 3.8) is 0 Å². The zero-order chi connectivity index (χ0) is 19.1. The van der Waals surface area contributed by atoms with E-state index in [4.69, 9.17) is 10.1 Å². The van der Waals surface area contributed by atoms with Gasteiger partial charge in [0.25, 0.3) is 0 Å². The highest BCUT2D eigenvalue weighted by molar-refractivity contribution is 5.86. The number of benzene rings is 2. The van der Waals surface area contributed by atoms with E-state index in [1.54, 1.807) is 0 Å². The van der Waals surface area contributed by atoms with Crippen molar-refractivity contribution in [2.24, 2.45) is 11.8 Å². The zero-order valence-electron chi connectivity index (χ0n) is 15.5. The predicted octanol–water partition coefficient (Wildman–Crippen LogP) is 3.78. The van der Waals surface area contributed by atoms with Gasteiger partial charge in [0.2, 0.25) is 5.95 Å². The Morgan fingerprint density at radius 2 is 2.00 bits per heavy atom. The maximum absolute atomic E-state index is 10.8. The molecule has 2 aliphatic rings. The van der Waals surface area contributed by atoms with Gasteiger partial charge in [-0.1, -0.05) is 36.4 Å². The molecule has 1 saturated carbocycles. The first-order valence-corrected chi connectivity index (χ1v) is 9.73. The minimum Gasteiger partial charge on any atom is -0.465 e. The molecule has 5 rings (SSSR count). The number of hydrogen-bond donors (Lipinski definition) is 2. The van der Waals surface area contributed by atoms with Gasteiger partial charge in [-0.25, -0.2) is 14.8 Å². The summed E-state index contributed by atoms with van der Waals surface area (Å²) in [6.45, 7) is 1.44. The Morgan fingerprint density at radius 3 is 2.79 bits per heavy atom. The van der Waals surface area contributed by atoms with Gasteiger partial charge in [0.15, 0.2) is 0 Å². The molecule has 1 amide bonds. The highest BCUT2D eigenvalue weighted by Crippen LogP contribution is 2.43. The van der Waals surface area contributed by atoms with Crippen LogP contribution in [0.5, 0.6) is 0 Å². The number of nitrogens with one attached hydrogen (secondary N) is 1. The maximum Gasteiger partial charge on any atom is 0.404 e. The van der Waals surface area contributed by atoms with Crippen molar-refractivity contribution in [2.75, 3.05) is 18.0 Å². The van der Waals surface area contributed by atoms with Crippen molar-refractivity contribution in [2.45, 2.75) is 18.9 Å². The number of anilines is 1. The molecule has 0 unspecified atom stereocenters. The van der Waals surface area contributed by atoms with E-state index in [0.29, 0.717) is 24.4 Å². The Labute approximate surface area is 163 Å². The number of carbonyl (C=O) groups is 1. The molecule has 6 nitrogen and oxygen atoms in total. The predicted molar refractivity (Wildman–Crippen MR) is 108 cm³/mol. The molecule has 6 heteroatoms. The van der Waals surface area contributed by atoms with Crippen LogP contribution in [0.1, 0.15) is 12.8 Å². The van der Waals surface area contributed by atoms with Crippen LogP contribution in [0, 0.1) is 11.8 Å². The summed E-state index contributed by atoms with van der Waals surface area (Å²) >= 11 is 0. The highest BCUT2D eigenvalue weighted by Gasteiger charge is 2.45. The lowest BCUT2D eigenvalue weighted by Crippen LogP contribution is -2.40. The van der Waals surface area contributed by atoms with Gasteiger partial charge in [-0.05, 0) is 47.6 Å². The van der Waals surface area contributed by atoms with Gasteiger partial charge >= 0.3 is 6.09 Å². The van der Waals surface area contributed by atoms with Crippen molar-refractivity contribution < 1.29 is 9.90 Å². The fourth-order valence-electron chi connectivity index (χ4n) is 4.77. The number of hydrogen-bond acceptors (Lipinski definition) is 4.